The molecule has 1 amide bonds. The molecule has 2 rings (SSSR count). The first-order chi connectivity index (χ1) is 11.8. The topological polar surface area (TPSA) is 32.3 Å². The molecule has 0 heterocycles. The average Bonchev–Trinajstić information content (AvgIpc) is 2.57. The molecule has 0 aliphatic carbocycles. The summed E-state index contributed by atoms with van der Waals surface area (Å²) in [6.07, 6.45) is 2.07. The van der Waals surface area contributed by atoms with Gasteiger partial charge in [-0.05, 0) is 69.8 Å². The van der Waals surface area contributed by atoms with Crippen molar-refractivity contribution in [2.24, 2.45) is 0 Å². The van der Waals surface area contributed by atoms with Crippen molar-refractivity contribution in [2.75, 3.05) is 18.6 Å². The van der Waals surface area contributed by atoms with Gasteiger partial charge in [0.2, 0.25) is 5.91 Å². The first-order valence-corrected chi connectivity index (χ1v) is 9.76. The maximum atomic E-state index is 12.7. The molecular weight excluding hydrogens is 328 g/mol. The number of benzene rings is 2. The summed E-state index contributed by atoms with van der Waals surface area (Å²) >= 11 is 1.73. The number of likely N-dealkylation sites (N-methyl/N-ethyl adjacent to an activating group) is 1. The van der Waals surface area contributed by atoms with Crippen molar-refractivity contribution in [1.82, 2.24) is 4.90 Å². The van der Waals surface area contributed by atoms with Gasteiger partial charge in [-0.25, -0.2) is 0 Å². The predicted octanol–water partition coefficient (Wildman–Crippen LogP) is 4.79. The molecule has 0 aliphatic heterocycles. The summed E-state index contributed by atoms with van der Waals surface area (Å²) in [6, 6.07) is 12.5. The Labute approximate surface area is 155 Å². The summed E-state index contributed by atoms with van der Waals surface area (Å²) in [5.41, 5.74) is 5.57. The zero-order valence-electron chi connectivity index (χ0n) is 16.0. The van der Waals surface area contributed by atoms with Gasteiger partial charge in [0.1, 0.15) is 0 Å². The van der Waals surface area contributed by atoms with E-state index in [0.29, 0.717) is 0 Å². The van der Waals surface area contributed by atoms with Gasteiger partial charge in [0.15, 0.2) is 0 Å². The Balaban J connectivity index is 2.03. The minimum atomic E-state index is -0.208. The van der Waals surface area contributed by atoms with Gasteiger partial charge in [-0.1, -0.05) is 29.8 Å². The van der Waals surface area contributed by atoms with Crippen molar-refractivity contribution in [3.05, 3.63) is 58.7 Å². The number of amides is 1. The van der Waals surface area contributed by atoms with Gasteiger partial charge < -0.3 is 5.32 Å². The van der Waals surface area contributed by atoms with Crippen molar-refractivity contribution in [2.45, 2.75) is 45.2 Å². The molecular formula is C21H28N2OS. The van der Waals surface area contributed by atoms with Crippen molar-refractivity contribution in [1.29, 1.82) is 0 Å². The fourth-order valence-corrected chi connectivity index (χ4v) is 3.37. The second kappa shape index (κ2) is 8.54. The van der Waals surface area contributed by atoms with E-state index in [2.05, 4.69) is 59.8 Å². The summed E-state index contributed by atoms with van der Waals surface area (Å²) in [5, 5.41) is 3.11. The number of hydrogen-bond donors (Lipinski definition) is 1. The van der Waals surface area contributed by atoms with Gasteiger partial charge in [-0.3, -0.25) is 9.69 Å². The third kappa shape index (κ3) is 5.10. The van der Waals surface area contributed by atoms with Gasteiger partial charge >= 0.3 is 0 Å². The third-order valence-corrected chi connectivity index (χ3v) is 5.30. The summed E-state index contributed by atoms with van der Waals surface area (Å²) in [7, 11) is 1.99. The lowest BCUT2D eigenvalue weighted by Crippen LogP contribution is -2.39. The van der Waals surface area contributed by atoms with E-state index in [-0.39, 0.29) is 11.9 Å². The van der Waals surface area contributed by atoms with Crippen LogP contribution in [-0.4, -0.2) is 30.2 Å². The second-order valence-electron chi connectivity index (χ2n) is 6.70. The number of aryl methyl sites for hydroxylation is 3. The molecule has 1 atom stereocenters. The first kappa shape index (κ1) is 19.5. The Morgan fingerprint density at radius 3 is 2.20 bits per heavy atom. The Bertz CT molecular complexity index is 717. The van der Waals surface area contributed by atoms with Crippen molar-refractivity contribution >= 4 is 23.4 Å². The van der Waals surface area contributed by atoms with E-state index in [1.54, 1.807) is 11.8 Å². The van der Waals surface area contributed by atoms with E-state index in [1.165, 1.54) is 16.0 Å². The number of hydrogen-bond acceptors (Lipinski definition) is 3. The number of nitrogens with one attached hydrogen (secondary N) is 1. The molecule has 2 aromatic carbocycles. The quantitative estimate of drug-likeness (QED) is 0.755. The van der Waals surface area contributed by atoms with Crippen LogP contribution in [-0.2, 0) is 11.3 Å². The van der Waals surface area contributed by atoms with E-state index in [1.807, 2.05) is 27.8 Å². The van der Waals surface area contributed by atoms with Gasteiger partial charge in [-0.2, -0.15) is 0 Å². The molecule has 0 bridgehead atoms. The number of carbonyl (C=O) groups excluding carboxylic acids is 1. The zero-order valence-corrected chi connectivity index (χ0v) is 16.8. The number of carbonyl (C=O) groups is 1. The Morgan fingerprint density at radius 2 is 1.68 bits per heavy atom. The first-order valence-electron chi connectivity index (χ1n) is 8.53. The van der Waals surface area contributed by atoms with E-state index in [0.717, 1.165) is 23.4 Å². The molecule has 2 aromatic rings. The highest BCUT2D eigenvalue weighted by atomic mass is 32.2. The molecule has 0 saturated carbocycles. The number of thioether (sulfide) groups is 1. The zero-order chi connectivity index (χ0) is 18.6. The fraction of sp³-hybridized carbons (Fsp3) is 0.381. The lowest BCUT2D eigenvalue weighted by Gasteiger charge is -2.25. The molecule has 1 N–H and O–H groups in total. The molecule has 134 valence electrons. The van der Waals surface area contributed by atoms with Gasteiger partial charge in [0, 0.05) is 17.1 Å². The average molecular weight is 357 g/mol. The van der Waals surface area contributed by atoms with E-state index in [9.17, 15) is 4.79 Å². The summed E-state index contributed by atoms with van der Waals surface area (Å²) in [5.74, 6) is 0.0262. The van der Waals surface area contributed by atoms with E-state index in [4.69, 9.17) is 0 Å². The highest BCUT2D eigenvalue weighted by Crippen LogP contribution is 2.22. The van der Waals surface area contributed by atoms with Crippen LogP contribution in [0.5, 0.6) is 0 Å². The van der Waals surface area contributed by atoms with Crippen LogP contribution in [0.3, 0.4) is 0 Å². The highest BCUT2D eigenvalue weighted by Gasteiger charge is 2.19. The van der Waals surface area contributed by atoms with Crippen LogP contribution in [0, 0.1) is 20.8 Å². The normalized spacial score (nSPS) is 12.3. The lowest BCUT2D eigenvalue weighted by atomic mass is 10.0. The molecule has 0 radical (unpaired) electrons. The van der Waals surface area contributed by atoms with Crippen LogP contribution < -0.4 is 5.32 Å². The van der Waals surface area contributed by atoms with Crippen LogP contribution in [0.4, 0.5) is 5.69 Å². The third-order valence-electron chi connectivity index (χ3n) is 4.56. The maximum absolute atomic E-state index is 12.7. The smallest absolute Gasteiger partial charge is 0.241 e. The van der Waals surface area contributed by atoms with Gasteiger partial charge in [0.05, 0.1) is 6.04 Å². The maximum Gasteiger partial charge on any atom is 0.241 e. The largest absolute Gasteiger partial charge is 0.324 e. The molecule has 0 aromatic heterocycles. The lowest BCUT2D eigenvalue weighted by molar-refractivity contribution is -0.120. The summed E-state index contributed by atoms with van der Waals surface area (Å²) in [4.78, 5) is 16.0. The molecule has 25 heavy (non-hydrogen) atoms. The molecule has 4 heteroatoms. The minimum absolute atomic E-state index is 0.0262. The molecule has 0 fully saturated rings. The molecule has 0 spiro atoms. The van der Waals surface area contributed by atoms with Crippen LogP contribution >= 0.6 is 11.8 Å². The minimum Gasteiger partial charge on any atom is -0.324 e. The summed E-state index contributed by atoms with van der Waals surface area (Å²) in [6.45, 7) is 8.85. The van der Waals surface area contributed by atoms with Crippen LogP contribution in [0.15, 0.2) is 41.3 Å². The van der Waals surface area contributed by atoms with Crippen LogP contribution in [0.1, 0.15) is 29.2 Å². The van der Waals surface area contributed by atoms with Crippen LogP contribution in [0.2, 0.25) is 0 Å². The number of anilines is 1. The van der Waals surface area contributed by atoms with Crippen molar-refractivity contribution < 1.29 is 4.79 Å². The van der Waals surface area contributed by atoms with Gasteiger partial charge in [0.25, 0.3) is 0 Å². The Kier molecular flexibility index (Phi) is 6.68. The monoisotopic (exact) mass is 356 g/mol. The fourth-order valence-electron chi connectivity index (χ4n) is 2.96. The van der Waals surface area contributed by atoms with Crippen molar-refractivity contribution in [3.8, 4) is 0 Å². The Hall–Kier alpha value is -1.78. The van der Waals surface area contributed by atoms with Crippen LogP contribution in [0.25, 0.3) is 0 Å². The van der Waals surface area contributed by atoms with Crippen molar-refractivity contribution in [3.63, 3.8) is 0 Å². The molecule has 3 nitrogen and oxygen atoms in total. The number of rotatable bonds is 6. The van der Waals surface area contributed by atoms with E-state index < -0.39 is 0 Å². The standard InChI is InChI=1S/C21H28N2OS/c1-14-11-15(2)20(16(3)12-14)22-21(24)17(4)23(5)13-18-7-9-19(25-6)10-8-18/h7-12,17H,13H2,1-6H3,(H,22,24)/t17-/m0/s1. The van der Waals surface area contributed by atoms with E-state index >= 15 is 0 Å². The number of nitrogens with zero attached hydrogens (tertiary/aromatic N) is 1. The highest BCUT2D eigenvalue weighted by molar-refractivity contribution is 7.98. The SMILES string of the molecule is CSc1ccc(CN(C)[C@@H](C)C(=O)Nc2c(C)cc(C)cc2C)cc1. The molecule has 0 saturated heterocycles. The Morgan fingerprint density at radius 1 is 1.12 bits per heavy atom. The molecule has 0 aliphatic rings. The van der Waals surface area contributed by atoms with Gasteiger partial charge in [-0.15, -0.1) is 11.8 Å². The predicted molar refractivity (Wildman–Crippen MR) is 108 cm³/mol. The molecule has 0 unspecified atom stereocenters. The second-order valence-corrected chi connectivity index (χ2v) is 7.58. The summed E-state index contributed by atoms with van der Waals surface area (Å²) < 4.78 is 0.